The number of aromatic nitrogens is 1. The number of rotatable bonds is 9. The van der Waals surface area contributed by atoms with Gasteiger partial charge in [0.1, 0.15) is 20.6 Å². The fourth-order valence-corrected chi connectivity index (χ4v) is 8.31. The molecule has 2 aromatic heterocycles. The zero-order valence-electron chi connectivity index (χ0n) is 20.4. The normalized spacial score (nSPS) is 15.4. The van der Waals surface area contributed by atoms with Crippen molar-refractivity contribution in [1.82, 2.24) is 14.0 Å². The molecule has 1 N–H and O–H groups in total. The van der Waals surface area contributed by atoms with Gasteiger partial charge in [0.05, 0.1) is 22.6 Å². The molecule has 35 heavy (non-hydrogen) atoms. The van der Waals surface area contributed by atoms with Crippen molar-refractivity contribution in [1.29, 1.82) is 0 Å². The molecule has 2 atom stereocenters. The maximum absolute atomic E-state index is 13.6. The highest BCUT2D eigenvalue weighted by molar-refractivity contribution is 9.10. The highest BCUT2D eigenvalue weighted by Gasteiger charge is 2.44. The third-order valence-electron chi connectivity index (χ3n) is 5.39. The first-order chi connectivity index (χ1) is 16.2. The molecule has 1 aromatic carbocycles. The van der Waals surface area contributed by atoms with Gasteiger partial charge < -0.3 is 9.29 Å². The quantitative estimate of drug-likeness (QED) is 0.252. The highest BCUT2D eigenvalue weighted by atomic mass is 79.9. The molecule has 192 valence electrons. The van der Waals surface area contributed by atoms with Gasteiger partial charge in [0.15, 0.2) is 0 Å². The minimum atomic E-state index is -3.81. The van der Waals surface area contributed by atoms with E-state index in [0.717, 1.165) is 15.6 Å². The van der Waals surface area contributed by atoms with Gasteiger partial charge in [0.2, 0.25) is 10.0 Å². The van der Waals surface area contributed by atoms with E-state index in [1.165, 1.54) is 22.7 Å². The Labute approximate surface area is 227 Å². The van der Waals surface area contributed by atoms with Crippen LogP contribution in [-0.2, 0) is 33.5 Å². The molecule has 0 amide bonds. The number of halogens is 2. The Morgan fingerprint density at radius 1 is 1.23 bits per heavy atom. The largest absolute Gasteiger partial charge is 0.598 e. The van der Waals surface area contributed by atoms with Crippen LogP contribution >= 0.6 is 38.9 Å². The van der Waals surface area contributed by atoms with Crippen molar-refractivity contribution in [3.05, 3.63) is 56.6 Å². The summed E-state index contributed by atoms with van der Waals surface area (Å²) in [4.78, 5) is 4.84. The van der Waals surface area contributed by atoms with E-state index in [0.29, 0.717) is 20.3 Å². The summed E-state index contributed by atoms with van der Waals surface area (Å²) in [6.07, 6.45) is 1.63. The topological polar surface area (TPSA) is 94.6 Å². The number of sulfonamides is 1. The summed E-state index contributed by atoms with van der Waals surface area (Å²) in [6.45, 7) is 7.39. The molecule has 0 saturated carbocycles. The summed E-state index contributed by atoms with van der Waals surface area (Å²) >= 11 is 10.0. The van der Waals surface area contributed by atoms with Crippen molar-refractivity contribution >= 4 is 70.3 Å². The number of fused-ring (bicyclic) bond motifs is 1. The zero-order valence-corrected chi connectivity index (χ0v) is 25.2. The van der Waals surface area contributed by atoms with Crippen LogP contribution in [0.4, 0.5) is 0 Å². The lowest BCUT2D eigenvalue weighted by Gasteiger charge is -2.35. The highest BCUT2D eigenvalue weighted by Crippen LogP contribution is 2.44. The van der Waals surface area contributed by atoms with Crippen molar-refractivity contribution < 1.29 is 17.7 Å². The summed E-state index contributed by atoms with van der Waals surface area (Å²) in [7, 11) is -0.696. The minimum Gasteiger partial charge on any atom is -0.598 e. The van der Waals surface area contributed by atoms with Crippen molar-refractivity contribution in [2.45, 2.75) is 44.5 Å². The molecule has 0 fully saturated rings. The SMILES string of the molecule is COc1ccc(CN(C)S(=O)(=O)C[C@](C)(N[S+]([O-])C(C)(C)C)c2sc3c(Br)nccc3c2Cl)cc1. The van der Waals surface area contributed by atoms with Crippen LogP contribution in [0.1, 0.15) is 38.1 Å². The molecule has 0 saturated heterocycles. The molecule has 0 radical (unpaired) electrons. The van der Waals surface area contributed by atoms with Gasteiger partial charge in [-0.15, -0.1) is 16.1 Å². The van der Waals surface area contributed by atoms with E-state index in [-0.39, 0.29) is 12.3 Å². The molecule has 12 heteroatoms. The minimum absolute atomic E-state index is 0.181. The average molecular weight is 623 g/mol. The Hall–Kier alpha value is -0.920. The van der Waals surface area contributed by atoms with E-state index in [1.54, 1.807) is 38.4 Å². The van der Waals surface area contributed by atoms with Gasteiger partial charge >= 0.3 is 0 Å². The van der Waals surface area contributed by atoms with E-state index >= 15 is 0 Å². The molecule has 3 rings (SSSR count). The van der Waals surface area contributed by atoms with Crippen LogP contribution in [-0.4, -0.2) is 46.9 Å². The van der Waals surface area contributed by atoms with Crippen LogP contribution in [0.2, 0.25) is 5.02 Å². The average Bonchev–Trinajstić information content (AvgIpc) is 3.12. The van der Waals surface area contributed by atoms with Gasteiger partial charge in [-0.05, 0) is 67.4 Å². The lowest BCUT2D eigenvalue weighted by Crippen LogP contribution is -2.54. The van der Waals surface area contributed by atoms with Crippen molar-refractivity contribution in [3.8, 4) is 5.75 Å². The van der Waals surface area contributed by atoms with E-state index in [1.807, 2.05) is 32.9 Å². The van der Waals surface area contributed by atoms with Crippen LogP contribution < -0.4 is 9.46 Å². The molecule has 7 nitrogen and oxygen atoms in total. The zero-order chi connectivity index (χ0) is 26.2. The second-order valence-corrected chi connectivity index (χ2v) is 15.6. The Bertz CT molecular complexity index is 1300. The first-order valence-electron chi connectivity index (χ1n) is 10.7. The number of nitrogens with one attached hydrogen (secondary N) is 1. The molecular formula is C23H29BrClN3O4S3. The first kappa shape index (κ1) is 28.6. The monoisotopic (exact) mass is 621 g/mol. The van der Waals surface area contributed by atoms with Crippen LogP contribution in [0.15, 0.2) is 41.1 Å². The van der Waals surface area contributed by atoms with E-state index < -0.39 is 31.7 Å². The number of thiophene rings is 1. The Balaban J connectivity index is 2.00. The summed E-state index contributed by atoms with van der Waals surface area (Å²) in [5.74, 6) is 0.354. The van der Waals surface area contributed by atoms with E-state index in [4.69, 9.17) is 16.3 Å². The second kappa shape index (κ2) is 10.8. The number of pyridine rings is 1. The van der Waals surface area contributed by atoms with Crippen molar-refractivity contribution in [2.24, 2.45) is 0 Å². The number of ether oxygens (including phenoxy) is 1. The Kier molecular flexibility index (Phi) is 8.86. The Morgan fingerprint density at radius 2 is 1.86 bits per heavy atom. The molecule has 0 bridgehead atoms. The summed E-state index contributed by atoms with van der Waals surface area (Å²) < 4.78 is 50.7. The van der Waals surface area contributed by atoms with Crippen LogP contribution in [0.25, 0.3) is 10.1 Å². The number of hydrogen-bond acceptors (Lipinski definition) is 7. The van der Waals surface area contributed by atoms with Gasteiger partial charge in [-0.25, -0.2) is 17.7 Å². The molecule has 0 aliphatic carbocycles. The molecular weight excluding hydrogens is 594 g/mol. The van der Waals surface area contributed by atoms with Crippen LogP contribution in [0, 0.1) is 0 Å². The predicted octanol–water partition coefficient (Wildman–Crippen LogP) is 5.45. The van der Waals surface area contributed by atoms with Crippen LogP contribution in [0.5, 0.6) is 5.75 Å². The molecule has 0 spiro atoms. The van der Waals surface area contributed by atoms with E-state index in [9.17, 15) is 13.0 Å². The summed E-state index contributed by atoms with van der Waals surface area (Å²) in [6, 6.07) is 9.01. The van der Waals surface area contributed by atoms with Gasteiger partial charge in [0, 0.05) is 41.4 Å². The first-order valence-corrected chi connectivity index (χ1v) is 15.4. The predicted molar refractivity (Wildman–Crippen MR) is 149 cm³/mol. The van der Waals surface area contributed by atoms with Gasteiger partial charge in [0.25, 0.3) is 0 Å². The molecule has 1 unspecified atom stereocenters. The second-order valence-electron chi connectivity index (χ2n) is 9.40. The maximum Gasteiger partial charge on any atom is 0.216 e. The number of benzene rings is 1. The fraction of sp³-hybridized carbons (Fsp3) is 0.435. The van der Waals surface area contributed by atoms with Crippen LogP contribution in [0.3, 0.4) is 0 Å². The molecule has 3 aromatic rings. The van der Waals surface area contributed by atoms with Gasteiger partial charge in [-0.2, -0.15) is 0 Å². The lowest BCUT2D eigenvalue weighted by atomic mass is 10.0. The third kappa shape index (κ3) is 6.51. The fourth-order valence-electron chi connectivity index (χ4n) is 3.38. The molecule has 0 aliphatic heterocycles. The van der Waals surface area contributed by atoms with Gasteiger partial charge in [-0.3, -0.25) is 0 Å². The summed E-state index contributed by atoms with van der Waals surface area (Å²) in [5, 5.41) is 1.18. The summed E-state index contributed by atoms with van der Waals surface area (Å²) in [5.41, 5.74) is -0.412. The number of methoxy groups -OCH3 is 1. The molecule has 2 heterocycles. The van der Waals surface area contributed by atoms with Gasteiger partial charge in [-0.1, -0.05) is 23.7 Å². The maximum atomic E-state index is 13.6. The van der Waals surface area contributed by atoms with E-state index in [2.05, 4.69) is 25.6 Å². The number of nitrogens with zero attached hydrogens (tertiary/aromatic N) is 2. The third-order valence-corrected chi connectivity index (χ3v) is 12.0. The standard InChI is InChI=1S/C23H29BrClN3O4S3/c1-22(2,3)34(29)27-23(4,20-18(25)17-11-12-26-21(24)19(17)33-20)14-35(30,31)28(5)13-15-7-9-16(32-6)10-8-15/h7-12,27H,13-14H2,1-6H3/t23-,34?/m0/s1. The molecule has 0 aliphatic rings. The lowest BCUT2D eigenvalue weighted by molar-refractivity contribution is 0.413. The smallest absolute Gasteiger partial charge is 0.216 e. The Morgan fingerprint density at radius 3 is 2.40 bits per heavy atom. The van der Waals surface area contributed by atoms with Crippen molar-refractivity contribution in [2.75, 3.05) is 19.9 Å². The van der Waals surface area contributed by atoms with Crippen molar-refractivity contribution in [3.63, 3.8) is 0 Å². The number of hydrogen-bond donors (Lipinski definition) is 1.